The van der Waals surface area contributed by atoms with E-state index in [4.69, 9.17) is 10.8 Å². The summed E-state index contributed by atoms with van der Waals surface area (Å²) in [5.74, 6) is 6.89. The fourth-order valence-electron chi connectivity index (χ4n) is 2.00. The molecular weight excluding hydrogens is 248 g/mol. The van der Waals surface area contributed by atoms with Gasteiger partial charge in [0.15, 0.2) is 5.82 Å². The van der Waals surface area contributed by atoms with Crippen LogP contribution >= 0.6 is 0 Å². The summed E-state index contributed by atoms with van der Waals surface area (Å²) in [7, 11) is 0. The van der Waals surface area contributed by atoms with E-state index in [0.29, 0.717) is 11.6 Å². The third-order valence-corrected chi connectivity index (χ3v) is 3.28. The van der Waals surface area contributed by atoms with E-state index in [-0.39, 0.29) is 5.41 Å². The lowest BCUT2D eigenvalue weighted by atomic mass is 9.91. The van der Waals surface area contributed by atoms with E-state index >= 15 is 0 Å². The van der Waals surface area contributed by atoms with Gasteiger partial charge in [0, 0.05) is 17.0 Å². The molecule has 0 fully saturated rings. The van der Waals surface area contributed by atoms with Crippen molar-refractivity contribution < 1.29 is 0 Å². The van der Waals surface area contributed by atoms with Crippen LogP contribution in [0.3, 0.4) is 0 Å². The topological polar surface area (TPSA) is 63.8 Å². The Hall–Kier alpha value is -1.94. The SMILES string of the molecule is Cc1ccc(C)c(-c2nc(NN)cc(C(C)(C)C)n2)c1. The third-order valence-electron chi connectivity index (χ3n) is 3.28. The first kappa shape index (κ1) is 14.5. The number of hydrazine groups is 1. The number of anilines is 1. The second-order valence-electron chi connectivity index (χ2n) is 6.17. The molecule has 0 atom stereocenters. The van der Waals surface area contributed by atoms with Crippen molar-refractivity contribution in [2.75, 3.05) is 5.43 Å². The van der Waals surface area contributed by atoms with Gasteiger partial charge in [-0.05, 0) is 25.5 Å². The normalized spacial score (nSPS) is 11.5. The van der Waals surface area contributed by atoms with Gasteiger partial charge in [-0.2, -0.15) is 0 Å². The smallest absolute Gasteiger partial charge is 0.162 e. The summed E-state index contributed by atoms with van der Waals surface area (Å²) in [4.78, 5) is 9.21. The molecule has 1 aromatic heterocycles. The molecule has 0 unspecified atom stereocenters. The monoisotopic (exact) mass is 270 g/mol. The molecular formula is C16H22N4. The van der Waals surface area contributed by atoms with E-state index < -0.39 is 0 Å². The minimum atomic E-state index is -0.0545. The number of aromatic nitrogens is 2. The number of nitrogens with two attached hydrogens (primary N) is 1. The Balaban J connectivity index is 2.64. The van der Waals surface area contributed by atoms with Gasteiger partial charge in [0.05, 0.1) is 5.69 Å². The van der Waals surface area contributed by atoms with Crippen LogP contribution in [0, 0.1) is 13.8 Å². The summed E-state index contributed by atoms with van der Waals surface area (Å²) in [6, 6.07) is 8.19. The lowest BCUT2D eigenvalue weighted by Crippen LogP contribution is -2.17. The summed E-state index contributed by atoms with van der Waals surface area (Å²) in [6.07, 6.45) is 0. The molecule has 0 bridgehead atoms. The summed E-state index contributed by atoms with van der Waals surface area (Å²) >= 11 is 0. The van der Waals surface area contributed by atoms with Gasteiger partial charge in [-0.15, -0.1) is 0 Å². The van der Waals surface area contributed by atoms with Crippen molar-refractivity contribution in [3.05, 3.63) is 41.1 Å². The molecule has 0 saturated carbocycles. The van der Waals surface area contributed by atoms with Crippen LogP contribution < -0.4 is 11.3 Å². The minimum Gasteiger partial charge on any atom is -0.308 e. The largest absolute Gasteiger partial charge is 0.308 e. The molecule has 0 aliphatic heterocycles. The number of nitrogen functional groups attached to an aromatic ring is 1. The maximum atomic E-state index is 5.54. The van der Waals surface area contributed by atoms with Crippen molar-refractivity contribution in [1.82, 2.24) is 9.97 Å². The highest BCUT2D eigenvalue weighted by atomic mass is 15.3. The molecule has 3 N–H and O–H groups in total. The van der Waals surface area contributed by atoms with E-state index in [1.165, 1.54) is 5.56 Å². The predicted octanol–water partition coefficient (Wildman–Crippen LogP) is 3.34. The predicted molar refractivity (Wildman–Crippen MR) is 83.5 cm³/mol. The fraction of sp³-hybridized carbons (Fsp3) is 0.375. The van der Waals surface area contributed by atoms with Crippen LogP contribution in [-0.4, -0.2) is 9.97 Å². The van der Waals surface area contributed by atoms with Gasteiger partial charge in [0.1, 0.15) is 5.82 Å². The zero-order valence-electron chi connectivity index (χ0n) is 12.8. The molecule has 0 saturated heterocycles. The van der Waals surface area contributed by atoms with E-state index in [1.54, 1.807) is 0 Å². The molecule has 4 nitrogen and oxygen atoms in total. The molecule has 0 radical (unpaired) electrons. The van der Waals surface area contributed by atoms with Crippen molar-refractivity contribution in [2.45, 2.75) is 40.0 Å². The Kier molecular flexibility index (Phi) is 3.77. The Morgan fingerprint density at radius 3 is 2.35 bits per heavy atom. The van der Waals surface area contributed by atoms with Crippen molar-refractivity contribution in [3.8, 4) is 11.4 Å². The first-order valence-corrected chi connectivity index (χ1v) is 6.75. The quantitative estimate of drug-likeness (QED) is 0.649. The highest BCUT2D eigenvalue weighted by Crippen LogP contribution is 2.27. The fourth-order valence-corrected chi connectivity index (χ4v) is 2.00. The van der Waals surface area contributed by atoms with Gasteiger partial charge >= 0.3 is 0 Å². The number of nitrogens with zero attached hydrogens (tertiary/aromatic N) is 2. The number of benzene rings is 1. The molecule has 2 rings (SSSR count). The van der Waals surface area contributed by atoms with Gasteiger partial charge in [-0.1, -0.05) is 38.5 Å². The molecule has 0 aliphatic carbocycles. The zero-order valence-corrected chi connectivity index (χ0v) is 12.8. The van der Waals surface area contributed by atoms with E-state index in [9.17, 15) is 0 Å². The first-order chi connectivity index (χ1) is 9.31. The van der Waals surface area contributed by atoms with Gasteiger partial charge in [-0.3, -0.25) is 0 Å². The molecule has 20 heavy (non-hydrogen) atoms. The van der Waals surface area contributed by atoms with Gasteiger partial charge < -0.3 is 5.43 Å². The van der Waals surface area contributed by atoms with Gasteiger partial charge in [-0.25, -0.2) is 15.8 Å². The number of hydrogen-bond acceptors (Lipinski definition) is 4. The Labute approximate surface area is 120 Å². The van der Waals surface area contributed by atoms with Crippen LogP contribution in [0.1, 0.15) is 37.6 Å². The Morgan fingerprint density at radius 2 is 1.75 bits per heavy atom. The standard InChI is InChI=1S/C16H22N4/c1-10-6-7-11(2)12(8-10)15-18-13(16(3,4)5)9-14(19-15)20-17/h6-9H,17H2,1-5H3,(H,18,19,20). The van der Waals surface area contributed by atoms with E-state index in [2.05, 4.69) is 63.2 Å². The third kappa shape index (κ3) is 2.96. The highest BCUT2D eigenvalue weighted by Gasteiger charge is 2.19. The molecule has 106 valence electrons. The van der Waals surface area contributed by atoms with Crippen molar-refractivity contribution in [1.29, 1.82) is 0 Å². The number of hydrogen-bond donors (Lipinski definition) is 2. The zero-order chi connectivity index (χ0) is 14.9. The highest BCUT2D eigenvalue weighted by molar-refractivity contribution is 5.63. The molecule has 2 aromatic rings. The van der Waals surface area contributed by atoms with Crippen LogP contribution in [0.15, 0.2) is 24.3 Å². The van der Waals surface area contributed by atoms with E-state index in [0.717, 1.165) is 16.8 Å². The molecule has 0 spiro atoms. The van der Waals surface area contributed by atoms with Gasteiger partial charge in [0.2, 0.25) is 0 Å². The number of rotatable bonds is 2. The summed E-state index contributed by atoms with van der Waals surface area (Å²) in [6.45, 7) is 10.5. The maximum Gasteiger partial charge on any atom is 0.162 e. The summed E-state index contributed by atoms with van der Waals surface area (Å²) in [5, 5.41) is 0. The van der Waals surface area contributed by atoms with Crippen LogP contribution in [0.5, 0.6) is 0 Å². The minimum absolute atomic E-state index is 0.0545. The van der Waals surface area contributed by atoms with Gasteiger partial charge in [0.25, 0.3) is 0 Å². The second-order valence-corrected chi connectivity index (χ2v) is 6.17. The lowest BCUT2D eigenvalue weighted by molar-refractivity contribution is 0.568. The first-order valence-electron chi connectivity index (χ1n) is 6.75. The van der Waals surface area contributed by atoms with Crippen molar-refractivity contribution >= 4 is 5.82 Å². The molecule has 0 aliphatic rings. The average molecular weight is 270 g/mol. The van der Waals surface area contributed by atoms with Crippen LogP contribution in [0.4, 0.5) is 5.82 Å². The average Bonchev–Trinajstić information content (AvgIpc) is 2.40. The Bertz CT molecular complexity index is 627. The summed E-state index contributed by atoms with van der Waals surface area (Å²) < 4.78 is 0. The maximum absolute atomic E-state index is 5.54. The van der Waals surface area contributed by atoms with Crippen molar-refractivity contribution in [3.63, 3.8) is 0 Å². The second kappa shape index (κ2) is 5.21. The molecule has 1 aromatic carbocycles. The molecule has 0 amide bonds. The summed E-state index contributed by atoms with van der Waals surface area (Å²) in [5.41, 5.74) is 6.94. The van der Waals surface area contributed by atoms with Crippen LogP contribution in [0.2, 0.25) is 0 Å². The molecule has 4 heteroatoms. The van der Waals surface area contributed by atoms with E-state index in [1.807, 2.05) is 6.07 Å². The van der Waals surface area contributed by atoms with Crippen LogP contribution in [0.25, 0.3) is 11.4 Å². The lowest BCUT2D eigenvalue weighted by Gasteiger charge is -2.19. The number of aryl methyl sites for hydroxylation is 2. The van der Waals surface area contributed by atoms with Crippen LogP contribution in [-0.2, 0) is 5.41 Å². The molecule has 1 heterocycles. The van der Waals surface area contributed by atoms with Crippen molar-refractivity contribution in [2.24, 2.45) is 5.84 Å². The number of nitrogens with one attached hydrogen (secondary N) is 1. The Morgan fingerprint density at radius 1 is 1.05 bits per heavy atom.